The molecule has 0 unspecified atom stereocenters. The summed E-state index contributed by atoms with van der Waals surface area (Å²) in [5.74, 6) is 0.762. The van der Waals surface area contributed by atoms with Gasteiger partial charge in [0.1, 0.15) is 5.75 Å². The summed E-state index contributed by atoms with van der Waals surface area (Å²) in [6.07, 6.45) is 2.46. The van der Waals surface area contributed by atoms with Gasteiger partial charge in [-0.1, -0.05) is 24.3 Å². The molecule has 2 aromatic carbocycles. The molecular weight excluding hydrogens is 392 g/mol. The summed E-state index contributed by atoms with van der Waals surface area (Å²) in [6, 6.07) is 15.6. The van der Waals surface area contributed by atoms with E-state index in [9.17, 15) is 9.59 Å². The Kier molecular flexibility index (Phi) is 8.15. The van der Waals surface area contributed by atoms with Crippen LogP contribution in [0.5, 0.6) is 5.75 Å². The second-order valence-corrected chi connectivity index (χ2v) is 7.64. The van der Waals surface area contributed by atoms with E-state index in [0.29, 0.717) is 18.7 Å². The Morgan fingerprint density at radius 3 is 2.42 bits per heavy atom. The molecule has 7 nitrogen and oxygen atoms in total. The zero-order chi connectivity index (χ0) is 22.1. The number of hydrogen-bond donors (Lipinski definition) is 3. The monoisotopic (exact) mass is 424 g/mol. The molecule has 31 heavy (non-hydrogen) atoms. The van der Waals surface area contributed by atoms with Gasteiger partial charge in [0.15, 0.2) is 0 Å². The summed E-state index contributed by atoms with van der Waals surface area (Å²) in [5.41, 5.74) is 2.78. The highest BCUT2D eigenvalue weighted by atomic mass is 16.5. The van der Waals surface area contributed by atoms with Crippen molar-refractivity contribution in [2.24, 2.45) is 0 Å². The Balaban J connectivity index is 1.53. The second kappa shape index (κ2) is 11.2. The van der Waals surface area contributed by atoms with Gasteiger partial charge in [-0.3, -0.25) is 4.79 Å². The maximum atomic E-state index is 12.9. The van der Waals surface area contributed by atoms with Crippen molar-refractivity contribution in [2.45, 2.75) is 32.2 Å². The van der Waals surface area contributed by atoms with Crippen LogP contribution in [0.1, 0.15) is 35.7 Å². The third-order valence-electron chi connectivity index (χ3n) is 5.52. The SMILES string of the molecule is CCNC(=O)NC1CCN(c2ccccc2C(=O)NCCc2ccc(OC)cc2)CC1. The lowest BCUT2D eigenvalue weighted by molar-refractivity contribution is 0.0954. The number of carbonyl (C=O) groups excluding carboxylic acids is 2. The minimum absolute atomic E-state index is 0.0633. The highest BCUT2D eigenvalue weighted by Gasteiger charge is 2.23. The van der Waals surface area contributed by atoms with Crippen molar-refractivity contribution in [3.8, 4) is 5.75 Å². The van der Waals surface area contributed by atoms with Gasteiger partial charge in [-0.05, 0) is 56.0 Å². The molecule has 0 aliphatic carbocycles. The predicted octanol–water partition coefficient (Wildman–Crippen LogP) is 2.96. The quantitative estimate of drug-likeness (QED) is 0.609. The van der Waals surface area contributed by atoms with Gasteiger partial charge in [-0.25, -0.2) is 4.79 Å². The zero-order valence-corrected chi connectivity index (χ0v) is 18.3. The number of nitrogens with zero attached hydrogens (tertiary/aromatic N) is 1. The first-order valence-corrected chi connectivity index (χ1v) is 10.9. The third kappa shape index (κ3) is 6.38. The summed E-state index contributed by atoms with van der Waals surface area (Å²) in [5, 5.41) is 8.83. The fraction of sp³-hybridized carbons (Fsp3) is 0.417. The number of carbonyl (C=O) groups is 2. The molecule has 0 saturated carbocycles. The highest BCUT2D eigenvalue weighted by molar-refractivity contribution is 5.99. The molecule has 3 amide bonds. The predicted molar refractivity (Wildman–Crippen MR) is 123 cm³/mol. The summed E-state index contributed by atoms with van der Waals surface area (Å²) < 4.78 is 5.18. The number of methoxy groups -OCH3 is 1. The van der Waals surface area contributed by atoms with E-state index in [1.807, 2.05) is 55.5 Å². The molecule has 0 aromatic heterocycles. The fourth-order valence-electron chi connectivity index (χ4n) is 3.81. The Morgan fingerprint density at radius 1 is 1.03 bits per heavy atom. The van der Waals surface area contributed by atoms with Crippen LogP contribution in [0.15, 0.2) is 48.5 Å². The number of nitrogens with one attached hydrogen (secondary N) is 3. The first-order valence-electron chi connectivity index (χ1n) is 10.9. The third-order valence-corrected chi connectivity index (χ3v) is 5.52. The van der Waals surface area contributed by atoms with E-state index in [0.717, 1.165) is 49.4 Å². The summed E-state index contributed by atoms with van der Waals surface area (Å²) >= 11 is 0. The normalized spacial score (nSPS) is 14.1. The van der Waals surface area contributed by atoms with Crippen LogP contribution in [0.25, 0.3) is 0 Å². The van der Waals surface area contributed by atoms with Crippen molar-refractivity contribution in [2.75, 3.05) is 38.2 Å². The fourth-order valence-corrected chi connectivity index (χ4v) is 3.81. The maximum absolute atomic E-state index is 12.9. The topological polar surface area (TPSA) is 82.7 Å². The first kappa shape index (κ1) is 22.5. The number of amides is 3. The molecule has 1 fully saturated rings. The van der Waals surface area contributed by atoms with Crippen LogP contribution in [0.3, 0.4) is 0 Å². The molecule has 0 bridgehead atoms. The summed E-state index contributed by atoms with van der Waals surface area (Å²) in [4.78, 5) is 26.8. The van der Waals surface area contributed by atoms with Crippen LogP contribution in [0.4, 0.5) is 10.5 Å². The van der Waals surface area contributed by atoms with E-state index in [-0.39, 0.29) is 18.0 Å². The lowest BCUT2D eigenvalue weighted by Gasteiger charge is -2.34. The van der Waals surface area contributed by atoms with E-state index in [2.05, 4.69) is 20.9 Å². The standard InChI is InChI=1S/C24H32N4O3/c1-3-25-24(30)27-19-13-16-28(17-14-19)22-7-5-4-6-21(22)23(29)26-15-12-18-8-10-20(31-2)11-9-18/h4-11,19H,3,12-17H2,1-2H3,(H,26,29)(H2,25,27,30). The molecule has 3 N–H and O–H groups in total. The lowest BCUT2D eigenvalue weighted by Crippen LogP contribution is -2.48. The van der Waals surface area contributed by atoms with Crippen LogP contribution in [0.2, 0.25) is 0 Å². The lowest BCUT2D eigenvalue weighted by atomic mass is 10.0. The van der Waals surface area contributed by atoms with Crippen LogP contribution in [0, 0.1) is 0 Å². The van der Waals surface area contributed by atoms with Gasteiger partial charge in [-0.15, -0.1) is 0 Å². The Labute approximate surface area is 184 Å². The average Bonchev–Trinajstić information content (AvgIpc) is 2.80. The molecule has 1 saturated heterocycles. The largest absolute Gasteiger partial charge is 0.497 e. The summed E-state index contributed by atoms with van der Waals surface area (Å²) in [6.45, 7) is 4.69. The van der Waals surface area contributed by atoms with Crippen LogP contribution in [-0.2, 0) is 6.42 Å². The van der Waals surface area contributed by atoms with E-state index in [4.69, 9.17) is 4.74 Å². The number of benzene rings is 2. The van der Waals surface area contributed by atoms with Gasteiger partial charge in [0.05, 0.1) is 12.7 Å². The van der Waals surface area contributed by atoms with Gasteiger partial charge in [0, 0.05) is 37.9 Å². The molecule has 1 heterocycles. The number of rotatable bonds is 8. The van der Waals surface area contributed by atoms with E-state index in [1.165, 1.54) is 0 Å². The number of hydrogen-bond acceptors (Lipinski definition) is 4. The molecule has 0 spiro atoms. The van der Waals surface area contributed by atoms with Crippen LogP contribution in [-0.4, -0.2) is 51.3 Å². The molecule has 1 aliphatic heterocycles. The second-order valence-electron chi connectivity index (χ2n) is 7.64. The molecule has 3 rings (SSSR count). The van der Waals surface area contributed by atoms with E-state index < -0.39 is 0 Å². The minimum Gasteiger partial charge on any atom is -0.497 e. The summed E-state index contributed by atoms with van der Waals surface area (Å²) in [7, 11) is 1.65. The molecule has 0 radical (unpaired) electrons. The van der Waals surface area contributed by atoms with Crippen molar-refractivity contribution in [3.05, 3.63) is 59.7 Å². The average molecular weight is 425 g/mol. The van der Waals surface area contributed by atoms with Gasteiger partial charge in [0.25, 0.3) is 5.91 Å². The Hall–Kier alpha value is -3.22. The van der Waals surface area contributed by atoms with E-state index >= 15 is 0 Å². The van der Waals surface area contributed by atoms with Crippen molar-refractivity contribution in [1.82, 2.24) is 16.0 Å². The maximum Gasteiger partial charge on any atom is 0.314 e. The highest BCUT2D eigenvalue weighted by Crippen LogP contribution is 2.24. The van der Waals surface area contributed by atoms with Crippen LogP contribution < -0.4 is 25.6 Å². The van der Waals surface area contributed by atoms with Gasteiger partial charge < -0.3 is 25.6 Å². The Bertz CT molecular complexity index is 861. The molecule has 166 valence electrons. The molecule has 1 aliphatic rings. The van der Waals surface area contributed by atoms with Gasteiger partial charge >= 0.3 is 6.03 Å². The molecule has 2 aromatic rings. The number of piperidine rings is 1. The van der Waals surface area contributed by atoms with E-state index in [1.54, 1.807) is 7.11 Å². The number of para-hydroxylation sites is 1. The Morgan fingerprint density at radius 2 is 1.74 bits per heavy atom. The number of ether oxygens (including phenoxy) is 1. The van der Waals surface area contributed by atoms with Crippen molar-refractivity contribution < 1.29 is 14.3 Å². The van der Waals surface area contributed by atoms with Crippen molar-refractivity contribution >= 4 is 17.6 Å². The number of urea groups is 1. The minimum atomic E-state index is -0.113. The van der Waals surface area contributed by atoms with Crippen LogP contribution >= 0.6 is 0 Å². The van der Waals surface area contributed by atoms with Gasteiger partial charge in [-0.2, -0.15) is 0 Å². The van der Waals surface area contributed by atoms with Crippen molar-refractivity contribution in [1.29, 1.82) is 0 Å². The van der Waals surface area contributed by atoms with Crippen molar-refractivity contribution in [3.63, 3.8) is 0 Å². The number of anilines is 1. The molecular formula is C24H32N4O3. The molecule has 0 atom stereocenters. The zero-order valence-electron chi connectivity index (χ0n) is 18.3. The smallest absolute Gasteiger partial charge is 0.314 e. The molecule has 7 heteroatoms. The first-order chi connectivity index (χ1) is 15.1. The van der Waals surface area contributed by atoms with Gasteiger partial charge in [0.2, 0.25) is 0 Å².